The van der Waals surface area contributed by atoms with Crippen LogP contribution in [0.5, 0.6) is 11.8 Å². The van der Waals surface area contributed by atoms with Crippen LogP contribution in [0.3, 0.4) is 0 Å². The summed E-state index contributed by atoms with van der Waals surface area (Å²) in [5.41, 5.74) is -2.33. The Morgan fingerprint density at radius 2 is 2.06 bits per heavy atom. The molecule has 9 heteroatoms. The highest BCUT2D eigenvalue weighted by molar-refractivity contribution is 6.02. The molecule has 0 saturated carbocycles. The highest BCUT2D eigenvalue weighted by atomic mass is 19.1. The van der Waals surface area contributed by atoms with Gasteiger partial charge in [0.05, 0.1) is 19.4 Å². The molecule has 2 aliphatic heterocycles. The third-order valence-corrected chi connectivity index (χ3v) is 6.68. The largest absolute Gasteiger partial charge is 0.507 e. The second kappa shape index (κ2) is 8.35. The van der Waals surface area contributed by atoms with Crippen molar-refractivity contribution in [1.82, 2.24) is 19.9 Å². The van der Waals surface area contributed by atoms with Gasteiger partial charge < -0.3 is 9.84 Å². The first-order valence-electron chi connectivity index (χ1n) is 13.2. The van der Waals surface area contributed by atoms with Gasteiger partial charge in [0, 0.05) is 38.9 Å². The van der Waals surface area contributed by atoms with Crippen LogP contribution in [0, 0.1) is 24.0 Å². The summed E-state index contributed by atoms with van der Waals surface area (Å²) in [6, 6.07) is 4.57. The van der Waals surface area contributed by atoms with Crippen molar-refractivity contribution in [2.45, 2.75) is 31.0 Å². The second-order valence-corrected chi connectivity index (χ2v) is 8.80. The number of phenols is 1. The van der Waals surface area contributed by atoms with Crippen LogP contribution in [0.4, 0.5) is 13.2 Å². The zero-order valence-corrected chi connectivity index (χ0v) is 18.7. The SMILES string of the molecule is [2H]C1([2H])CC[C@@]2(C([2H])([2H])Oc3ncc4cnc(-c5c(O)ccc6c(C#C)c(F)ccc56)c(F)c4n3)C[C@@H](F)CN12. The Balaban J connectivity index is 1.44. The topological polar surface area (TPSA) is 71.4 Å². The summed E-state index contributed by atoms with van der Waals surface area (Å²) in [5, 5.41) is 11.3. The minimum absolute atomic E-state index is 0.00400. The third-order valence-electron chi connectivity index (χ3n) is 6.68. The molecule has 6 nitrogen and oxygen atoms in total. The van der Waals surface area contributed by atoms with Crippen LogP contribution < -0.4 is 4.74 Å². The maximum Gasteiger partial charge on any atom is 0.317 e. The lowest BCUT2D eigenvalue weighted by Crippen LogP contribution is -2.43. The number of rotatable bonds is 4. The minimum atomic E-state index is -2.62. The highest BCUT2D eigenvalue weighted by Crippen LogP contribution is 2.41. The number of nitrogens with zero attached hydrogens (tertiary/aromatic N) is 4. The zero-order valence-electron chi connectivity index (χ0n) is 22.7. The van der Waals surface area contributed by atoms with Gasteiger partial charge in [-0.25, -0.2) is 18.2 Å². The van der Waals surface area contributed by atoms with Gasteiger partial charge in [-0.15, -0.1) is 6.42 Å². The molecular weight excluding hydrogens is 469 g/mol. The number of aromatic hydroxyl groups is 1. The van der Waals surface area contributed by atoms with Gasteiger partial charge in [0.2, 0.25) is 0 Å². The lowest BCUT2D eigenvalue weighted by molar-refractivity contribution is 0.107. The number of benzene rings is 2. The molecule has 2 atom stereocenters. The van der Waals surface area contributed by atoms with Gasteiger partial charge in [0.15, 0.2) is 5.82 Å². The third kappa shape index (κ3) is 3.44. The normalized spacial score (nSPS) is 25.1. The fourth-order valence-electron chi connectivity index (χ4n) is 4.99. The number of hydrogen-bond acceptors (Lipinski definition) is 6. The van der Waals surface area contributed by atoms with E-state index < -0.39 is 42.4 Å². The van der Waals surface area contributed by atoms with Gasteiger partial charge in [-0.2, -0.15) is 4.98 Å². The molecule has 0 bridgehead atoms. The van der Waals surface area contributed by atoms with Crippen molar-refractivity contribution in [3.05, 3.63) is 53.9 Å². The van der Waals surface area contributed by atoms with Crippen molar-refractivity contribution in [3.63, 3.8) is 0 Å². The molecule has 2 aromatic carbocycles. The molecule has 182 valence electrons. The molecule has 4 aromatic rings. The summed E-state index contributed by atoms with van der Waals surface area (Å²) in [6.07, 6.45) is 6.17. The van der Waals surface area contributed by atoms with Gasteiger partial charge in [0.1, 0.15) is 35.5 Å². The molecule has 0 amide bonds. The van der Waals surface area contributed by atoms with Gasteiger partial charge >= 0.3 is 6.01 Å². The molecule has 1 N–H and O–H groups in total. The number of terminal acetylenes is 1. The van der Waals surface area contributed by atoms with Crippen molar-refractivity contribution in [2.24, 2.45) is 0 Å². The first-order chi connectivity index (χ1) is 18.9. The molecule has 0 radical (unpaired) electrons. The van der Waals surface area contributed by atoms with E-state index in [0.29, 0.717) is 0 Å². The summed E-state index contributed by atoms with van der Waals surface area (Å²) in [5.74, 6) is 0.281. The highest BCUT2D eigenvalue weighted by Gasteiger charge is 2.49. The quantitative estimate of drug-likeness (QED) is 0.413. The maximum atomic E-state index is 16.0. The lowest BCUT2D eigenvalue weighted by atomic mass is 9.95. The molecule has 2 aliphatic rings. The monoisotopic (exact) mass is 494 g/mol. The van der Waals surface area contributed by atoms with E-state index in [1.54, 1.807) is 0 Å². The van der Waals surface area contributed by atoms with E-state index in [4.69, 9.17) is 16.6 Å². The summed E-state index contributed by atoms with van der Waals surface area (Å²) in [7, 11) is 0. The summed E-state index contributed by atoms with van der Waals surface area (Å²) < 4.78 is 83.9. The first kappa shape index (κ1) is 18.4. The smallest absolute Gasteiger partial charge is 0.317 e. The van der Waals surface area contributed by atoms with Crippen LogP contribution in [0.25, 0.3) is 32.9 Å². The Morgan fingerprint density at radius 1 is 1.25 bits per heavy atom. The molecule has 2 aromatic heterocycles. The van der Waals surface area contributed by atoms with E-state index in [-0.39, 0.29) is 70.1 Å². The molecule has 2 saturated heterocycles. The standard InChI is InChI=1S/C27H21F3N4O2/c1-2-17-18-5-7-21(35)22(19(18)4-6-20(17)29)25-23(30)24-15(11-31-25)12-32-26(33-24)36-14-27-8-3-9-34(27)13-16(28)10-27/h1,4-7,11-12,16,35H,3,8-10,13-14H2/t16-,27+/m1/s1/i9D2,14D2. The van der Waals surface area contributed by atoms with Gasteiger partial charge in [-0.05, 0) is 42.9 Å². The van der Waals surface area contributed by atoms with Crippen LogP contribution in [-0.2, 0) is 0 Å². The number of pyridine rings is 1. The van der Waals surface area contributed by atoms with Crippen molar-refractivity contribution in [3.8, 4) is 35.4 Å². The predicted molar refractivity (Wildman–Crippen MR) is 128 cm³/mol. The van der Waals surface area contributed by atoms with Crippen molar-refractivity contribution < 1.29 is 28.5 Å². The fraction of sp³-hybridized carbons (Fsp3) is 0.296. The molecule has 0 unspecified atom stereocenters. The van der Waals surface area contributed by atoms with E-state index in [9.17, 15) is 13.9 Å². The van der Waals surface area contributed by atoms with E-state index in [1.165, 1.54) is 30.6 Å². The van der Waals surface area contributed by atoms with Crippen molar-refractivity contribution in [1.29, 1.82) is 0 Å². The zero-order chi connectivity index (χ0) is 28.6. The number of aromatic nitrogens is 3. The average Bonchev–Trinajstić information content (AvgIpc) is 3.39. The van der Waals surface area contributed by atoms with Crippen LogP contribution >= 0.6 is 0 Å². The van der Waals surface area contributed by atoms with Crippen LogP contribution in [0.2, 0.25) is 0 Å². The molecule has 0 aliphatic carbocycles. The average molecular weight is 495 g/mol. The predicted octanol–water partition coefficient (Wildman–Crippen LogP) is 4.77. The Bertz CT molecular complexity index is 1750. The van der Waals surface area contributed by atoms with Crippen molar-refractivity contribution >= 4 is 21.7 Å². The maximum absolute atomic E-state index is 16.0. The minimum Gasteiger partial charge on any atom is -0.507 e. The van der Waals surface area contributed by atoms with E-state index in [1.807, 2.05) is 0 Å². The molecule has 2 fully saturated rings. The summed E-state index contributed by atoms with van der Waals surface area (Å²) in [6.45, 7) is -4.82. The summed E-state index contributed by atoms with van der Waals surface area (Å²) in [4.78, 5) is 13.3. The van der Waals surface area contributed by atoms with E-state index in [0.717, 1.165) is 11.0 Å². The molecule has 0 spiro atoms. The fourth-order valence-corrected chi connectivity index (χ4v) is 4.99. The van der Waals surface area contributed by atoms with Gasteiger partial charge in [-0.1, -0.05) is 12.0 Å². The molecule has 4 heterocycles. The summed E-state index contributed by atoms with van der Waals surface area (Å²) >= 11 is 0. The Kier molecular flexibility index (Phi) is 4.26. The number of ether oxygens (including phenoxy) is 1. The van der Waals surface area contributed by atoms with E-state index >= 15 is 4.39 Å². The Hall–Kier alpha value is -3.90. The van der Waals surface area contributed by atoms with Crippen molar-refractivity contribution in [2.75, 3.05) is 19.6 Å². The Morgan fingerprint density at radius 3 is 2.89 bits per heavy atom. The second-order valence-electron chi connectivity index (χ2n) is 8.80. The Labute approximate surface area is 210 Å². The lowest BCUT2D eigenvalue weighted by Gasteiger charge is -2.30. The van der Waals surface area contributed by atoms with Gasteiger partial charge in [-0.3, -0.25) is 9.88 Å². The molecule has 6 rings (SSSR count). The van der Waals surface area contributed by atoms with Crippen LogP contribution in [-0.4, -0.2) is 56.3 Å². The number of phenolic OH excluding ortho intramolecular Hbond substituents is 1. The number of alkyl halides is 1. The number of hydrogen-bond donors (Lipinski definition) is 1. The number of fused-ring (bicyclic) bond motifs is 3. The first-order valence-corrected chi connectivity index (χ1v) is 11.2. The van der Waals surface area contributed by atoms with E-state index in [2.05, 4.69) is 20.9 Å². The molecule has 36 heavy (non-hydrogen) atoms. The number of halogens is 3. The van der Waals surface area contributed by atoms with Crippen LogP contribution in [0.1, 0.15) is 30.3 Å². The van der Waals surface area contributed by atoms with Gasteiger partial charge in [0.25, 0.3) is 0 Å². The molecular formula is C27H21F3N4O2. The van der Waals surface area contributed by atoms with Crippen LogP contribution in [0.15, 0.2) is 36.7 Å².